The number of alkyl halides is 1. The zero-order valence-corrected chi connectivity index (χ0v) is 14.8. The lowest BCUT2D eigenvalue weighted by molar-refractivity contribution is 0.413. The maximum atomic E-state index is 12.2. The summed E-state index contributed by atoms with van der Waals surface area (Å²) in [5, 5.41) is 0. The molecular formula is C16H25ClO3S. The second-order valence-corrected chi connectivity index (χ2v) is 9.47. The Labute approximate surface area is 133 Å². The van der Waals surface area contributed by atoms with E-state index in [1.165, 1.54) is 0 Å². The molecule has 1 atom stereocenters. The minimum absolute atomic E-state index is 0.149. The van der Waals surface area contributed by atoms with E-state index in [0.29, 0.717) is 12.3 Å². The topological polar surface area (TPSA) is 43.4 Å². The fraction of sp³-hybridized carbons (Fsp3) is 0.625. The Balaban J connectivity index is 2.68. The molecule has 0 saturated carbocycles. The largest absolute Gasteiger partial charge is 0.497 e. The van der Waals surface area contributed by atoms with E-state index in [2.05, 4.69) is 0 Å². The van der Waals surface area contributed by atoms with Crippen LogP contribution < -0.4 is 4.74 Å². The summed E-state index contributed by atoms with van der Waals surface area (Å²) >= 11 is 6.01. The summed E-state index contributed by atoms with van der Waals surface area (Å²) in [5.41, 5.74) is 1.12. The lowest BCUT2D eigenvalue weighted by atomic mass is 9.98. The van der Waals surface area contributed by atoms with Gasteiger partial charge in [0.15, 0.2) is 9.84 Å². The van der Waals surface area contributed by atoms with Crippen molar-refractivity contribution in [2.24, 2.45) is 5.92 Å². The molecule has 0 aliphatic carbocycles. The fourth-order valence-corrected chi connectivity index (χ4v) is 3.51. The second-order valence-electron chi connectivity index (χ2n) is 6.30. The molecule has 1 aromatic carbocycles. The van der Waals surface area contributed by atoms with Crippen molar-refractivity contribution in [2.75, 3.05) is 18.7 Å². The molecule has 0 saturated heterocycles. The van der Waals surface area contributed by atoms with Gasteiger partial charge in [0.25, 0.3) is 0 Å². The summed E-state index contributed by atoms with van der Waals surface area (Å²) in [5.74, 6) is 1.59. The molecule has 0 aliphatic heterocycles. The molecule has 0 bridgehead atoms. The third kappa shape index (κ3) is 5.51. The molecule has 0 radical (unpaired) electrons. The van der Waals surface area contributed by atoms with E-state index in [9.17, 15) is 8.42 Å². The number of sulfone groups is 1. The Bertz CT molecular complexity index is 547. The van der Waals surface area contributed by atoms with E-state index in [0.717, 1.165) is 17.7 Å². The maximum absolute atomic E-state index is 12.2. The zero-order chi connectivity index (χ0) is 16.1. The highest BCUT2D eigenvalue weighted by Gasteiger charge is 2.29. The van der Waals surface area contributed by atoms with Crippen LogP contribution in [0.3, 0.4) is 0 Å². The fourth-order valence-electron chi connectivity index (χ4n) is 1.99. The van der Waals surface area contributed by atoms with Gasteiger partial charge in [-0.3, -0.25) is 0 Å². The van der Waals surface area contributed by atoms with Crippen LogP contribution in [0.5, 0.6) is 5.75 Å². The van der Waals surface area contributed by atoms with E-state index in [1.54, 1.807) is 27.9 Å². The Morgan fingerprint density at radius 1 is 1.29 bits per heavy atom. The number of hydrogen-bond donors (Lipinski definition) is 0. The first kappa shape index (κ1) is 18.3. The molecule has 5 heteroatoms. The highest BCUT2D eigenvalue weighted by Crippen LogP contribution is 2.22. The highest BCUT2D eigenvalue weighted by molar-refractivity contribution is 7.92. The van der Waals surface area contributed by atoms with Crippen molar-refractivity contribution < 1.29 is 13.2 Å². The molecule has 3 nitrogen and oxygen atoms in total. The summed E-state index contributed by atoms with van der Waals surface area (Å²) < 4.78 is 28.8. The Hall–Kier alpha value is -0.740. The van der Waals surface area contributed by atoms with Gasteiger partial charge in [-0.05, 0) is 57.2 Å². The van der Waals surface area contributed by atoms with Gasteiger partial charge in [-0.25, -0.2) is 8.42 Å². The van der Waals surface area contributed by atoms with Crippen LogP contribution in [-0.4, -0.2) is 31.9 Å². The summed E-state index contributed by atoms with van der Waals surface area (Å²) in [4.78, 5) is 0. The molecule has 0 amide bonds. The van der Waals surface area contributed by atoms with Gasteiger partial charge in [-0.1, -0.05) is 12.1 Å². The Morgan fingerprint density at radius 2 is 1.95 bits per heavy atom. The quantitative estimate of drug-likeness (QED) is 0.715. The van der Waals surface area contributed by atoms with Gasteiger partial charge in [0.05, 0.1) is 17.6 Å². The molecule has 0 N–H and O–H groups in total. The first-order chi connectivity index (χ1) is 9.69. The molecule has 0 spiro atoms. The van der Waals surface area contributed by atoms with E-state index < -0.39 is 14.6 Å². The van der Waals surface area contributed by atoms with Crippen LogP contribution >= 0.6 is 11.6 Å². The average Bonchev–Trinajstić information content (AvgIpc) is 2.42. The van der Waals surface area contributed by atoms with Gasteiger partial charge >= 0.3 is 0 Å². The lowest BCUT2D eigenvalue weighted by Gasteiger charge is -2.21. The van der Waals surface area contributed by atoms with Gasteiger partial charge in [0.1, 0.15) is 5.75 Å². The van der Waals surface area contributed by atoms with Crippen LogP contribution in [0.15, 0.2) is 24.3 Å². The van der Waals surface area contributed by atoms with Gasteiger partial charge in [0.2, 0.25) is 0 Å². The smallest absolute Gasteiger partial charge is 0.155 e. The predicted molar refractivity (Wildman–Crippen MR) is 89.1 cm³/mol. The maximum Gasteiger partial charge on any atom is 0.155 e. The number of benzene rings is 1. The average molecular weight is 333 g/mol. The number of rotatable bonds is 7. The van der Waals surface area contributed by atoms with Crippen LogP contribution in [0.4, 0.5) is 0 Å². The third-order valence-corrected chi connectivity index (χ3v) is 6.68. The van der Waals surface area contributed by atoms with Crippen LogP contribution in [0.1, 0.15) is 32.8 Å². The van der Waals surface area contributed by atoms with Crippen molar-refractivity contribution >= 4 is 21.4 Å². The molecule has 1 unspecified atom stereocenters. The monoisotopic (exact) mass is 332 g/mol. The van der Waals surface area contributed by atoms with E-state index in [-0.39, 0.29) is 11.7 Å². The Kier molecular flexibility index (Phi) is 6.54. The van der Waals surface area contributed by atoms with Crippen molar-refractivity contribution in [3.05, 3.63) is 29.8 Å². The zero-order valence-electron chi connectivity index (χ0n) is 13.2. The van der Waals surface area contributed by atoms with Crippen molar-refractivity contribution in [2.45, 2.75) is 38.4 Å². The SMILES string of the molecule is COc1cccc(CC(CCl)CCS(=O)(=O)C(C)(C)C)c1. The molecule has 1 rings (SSSR count). The molecule has 21 heavy (non-hydrogen) atoms. The summed E-state index contributed by atoms with van der Waals surface area (Å²) in [6.45, 7) is 5.21. The number of ether oxygens (including phenoxy) is 1. The number of halogens is 1. The molecule has 0 heterocycles. The minimum atomic E-state index is -3.09. The normalized spacial score (nSPS) is 14.0. The minimum Gasteiger partial charge on any atom is -0.497 e. The molecule has 1 aromatic rings. The third-order valence-electron chi connectivity index (χ3n) is 3.60. The molecular weight excluding hydrogens is 308 g/mol. The van der Waals surface area contributed by atoms with E-state index in [1.807, 2.05) is 24.3 Å². The molecule has 0 fully saturated rings. The van der Waals surface area contributed by atoms with E-state index in [4.69, 9.17) is 16.3 Å². The van der Waals surface area contributed by atoms with Crippen molar-refractivity contribution in [1.82, 2.24) is 0 Å². The number of hydrogen-bond acceptors (Lipinski definition) is 3. The number of methoxy groups -OCH3 is 1. The van der Waals surface area contributed by atoms with Crippen LogP contribution in [0, 0.1) is 5.92 Å². The lowest BCUT2D eigenvalue weighted by Crippen LogP contribution is -2.31. The van der Waals surface area contributed by atoms with Gasteiger partial charge in [0, 0.05) is 5.88 Å². The highest BCUT2D eigenvalue weighted by atomic mass is 35.5. The van der Waals surface area contributed by atoms with Crippen molar-refractivity contribution in [3.63, 3.8) is 0 Å². The molecule has 120 valence electrons. The van der Waals surface area contributed by atoms with Crippen molar-refractivity contribution in [3.8, 4) is 5.75 Å². The van der Waals surface area contributed by atoms with Crippen LogP contribution in [0.25, 0.3) is 0 Å². The molecule has 0 aromatic heterocycles. The van der Waals surface area contributed by atoms with E-state index >= 15 is 0 Å². The summed E-state index contributed by atoms with van der Waals surface area (Å²) in [7, 11) is -1.46. The van der Waals surface area contributed by atoms with Crippen LogP contribution in [-0.2, 0) is 16.3 Å². The second kappa shape index (κ2) is 7.50. The van der Waals surface area contributed by atoms with Crippen LogP contribution in [0.2, 0.25) is 0 Å². The summed E-state index contributed by atoms with van der Waals surface area (Å²) in [6.07, 6.45) is 1.35. The summed E-state index contributed by atoms with van der Waals surface area (Å²) in [6, 6.07) is 7.81. The predicted octanol–water partition coefficient (Wildman–Crippen LogP) is 3.70. The van der Waals surface area contributed by atoms with Gasteiger partial charge < -0.3 is 4.74 Å². The Morgan fingerprint density at radius 3 is 2.48 bits per heavy atom. The molecule has 0 aliphatic rings. The first-order valence-corrected chi connectivity index (χ1v) is 9.29. The first-order valence-electron chi connectivity index (χ1n) is 7.11. The standard InChI is InChI=1S/C16H25ClO3S/c1-16(2,3)21(18,19)9-8-14(12-17)10-13-6-5-7-15(11-13)20-4/h5-7,11,14H,8-10,12H2,1-4H3. The van der Waals surface area contributed by atoms with Gasteiger partial charge in [-0.15, -0.1) is 11.6 Å². The van der Waals surface area contributed by atoms with Crippen molar-refractivity contribution in [1.29, 1.82) is 0 Å². The van der Waals surface area contributed by atoms with Gasteiger partial charge in [-0.2, -0.15) is 0 Å².